The number of hydrogen-bond acceptors (Lipinski definition) is 3. The monoisotopic (exact) mass is 190 g/mol. The Balaban J connectivity index is 3.33. The van der Waals surface area contributed by atoms with Gasteiger partial charge in [-0.1, -0.05) is 6.92 Å². The zero-order valence-electron chi connectivity index (χ0n) is 7.88. The van der Waals surface area contributed by atoms with Gasteiger partial charge in [0.1, 0.15) is 0 Å². The summed E-state index contributed by atoms with van der Waals surface area (Å²) in [6, 6.07) is 0. The van der Waals surface area contributed by atoms with E-state index in [1.54, 1.807) is 0 Å². The van der Waals surface area contributed by atoms with Crippen LogP contribution >= 0.6 is 12.6 Å². The fraction of sp³-hybridized carbons (Fsp3) is 0.889. The van der Waals surface area contributed by atoms with Crippen molar-refractivity contribution < 1.29 is 9.53 Å². The van der Waals surface area contributed by atoms with E-state index in [0.29, 0.717) is 6.42 Å². The Morgan fingerprint density at radius 3 is 2.67 bits per heavy atom. The van der Waals surface area contributed by atoms with Gasteiger partial charge >= 0.3 is 5.97 Å². The molecule has 12 heavy (non-hydrogen) atoms. The van der Waals surface area contributed by atoms with Crippen molar-refractivity contribution in [3.05, 3.63) is 0 Å². The molecule has 3 heteroatoms. The lowest BCUT2D eigenvalue weighted by Gasteiger charge is -2.09. The van der Waals surface area contributed by atoms with Crippen molar-refractivity contribution in [3.63, 3.8) is 0 Å². The number of carbonyl (C=O) groups is 1. The summed E-state index contributed by atoms with van der Waals surface area (Å²) < 4.78 is 5.08. The first-order valence-electron chi connectivity index (χ1n) is 4.51. The number of thiol groups is 1. The second kappa shape index (κ2) is 7.47. The average Bonchev–Trinajstić information content (AvgIpc) is 2.05. The summed E-state index contributed by atoms with van der Waals surface area (Å²) in [4.78, 5) is 11.0. The van der Waals surface area contributed by atoms with E-state index < -0.39 is 0 Å². The highest BCUT2D eigenvalue weighted by Gasteiger charge is 2.06. The highest BCUT2D eigenvalue weighted by Crippen LogP contribution is 2.03. The van der Waals surface area contributed by atoms with Crippen LogP contribution in [0.2, 0.25) is 0 Å². The number of ether oxygens (including phenoxy) is 1. The maximum absolute atomic E-state index is 11.0. The van der Waals surface area contributed by atoms with E-state index in [2.05, 4.69) is 12.6 Å². The van der Waals surface area contributed by atoms with Gasteiger partial charge < -0.3 is 4.74 Å². The van der Waals surface area contributed by atoms with Crippen LogP contribution in [-0.2, 0) is 9.53 Å². The number of carbonyl (C=O) groups excluding carboxylic acids is 1. The zero-order chi connectivity index (χ0) is 9.40. The first-order valence-corrected chi connectivity index (χ1v) is 5.14. The van der Waals surface area contributed by atoms with E-state index in [1.807, 2.05) is 13.8 Å². The zero-order valence-corrected chi connectivity index (χ0v) is 8.77. The van der Waals surface area contributed by atoms with Gasteiger partial charge in [-0.2, -0.15) is 12.6 Å². The summed E-state index contributed by atoms with van der Waals surface area (Å²) in [6.07, 6.45) is 3.36. The van der Waals surface area contributed by atoms with Crippen LogP contribution in [0.1, 0.15) is 39.5 Å². The Bertz CT molecular complexity index is 126. The number of rotatable bonds is 6. The Kier molecular flexibility index (Phi) is 7.36. The van der Waals surface area contributed by atoms with Crippen LogP contribution in [0.15, 0.2) is 0 Å². The molecule has 2 nitrogen and oxygen atoms in total. The fourth-order valence-corrected chi connectivity index (χ4v) is 0.971. The maximum atomic E-state index is 11.0. The first-order chi connectivity index (χ1) is 5.70. The van der Waals surface area contributed by atoms with Gasteiger partial charge in [-0.15, -0.1) is 0 Å². The standard InChI is InChI=1S/C9H18O2S/c1-3-8(2)11-9(10)6-4-5-7-12/h8,12H,3-7H2,1-2H3. The highest BCUT2D eigenvalue weighted by atomic mass is 32.1. The summed E-state index contributed by atoms with van der Waals surface area (Å²) in [5, 5.41) is 0. The molecule has 72 valence electrons. The molecule has 0 spiro atoms. The molecule has 0 heterocycles. The molecule has 0 saturated heterocycles. The summed E-state index contributed by atoms with van der Waals surface area (Å²) in [6.45, 7) is 3.92. The predicted octanol–water partition coefficient (Wildman–Crippen LogP) is 2.43. The van der Waals surface area contributed by atoms with Crippen LogP contribution in [0.5, 0.6) is 0 Å². The quantitative estimate of drug-likeness (QED) is 0.395. The van der Waals surface area contributed by atoms with Gasteiger partial charge in [0.2, 0.25) is 0 Å². The van der Waals surface area contributed by atoms with Crippen LogP contribution in [0, 0.1) is 0 Å². The fourth-order valence-electron chi connectivity index (χ4n) is 0.748. The normalized spacial score (nSPS) is 12.6. The van der Waals surface area contributed by atoms with Crippen molar-refractivity contribution in [1.82, 2.24) is 0 Å². The molecule has 0 aliphatic rings. The molecule has 0 amide bonds. The molecule has 1 unspecified atom stereocenters. The van der Waals surface area contributed by atoms with Crippen molar-refractivity contribution in [2.75, 3.05) is 5.75 Å². The van der Waals surface area contributed by atoms with E-state index in [9.17, 15) is 4.79 Å². The Morgan fingerprint density at radius 1 is 1.50 bits per heavy atom. The third-order valence-corrected chi connectivity index (χ3v) is 2.01. The molecular weight excluding hydrogens is 172 g/mol. The summed E-state index contributed by atoms with van der Waals surface area (Å²) in [5.41, 5.74) is 0. The van der Waals surface area contributed by atoms with Gasteiger partial charge in [0.25, 0.3) is 0 Å². The smallest absolute Gasteiger partial charge is 0.306 e. The summed E-state index contributed by atoms with van der Waals surface area (Å²) in [7, 11) is 0. The van der Waals surface area contributed by atoms with E-state index in [0.717, 1.165) is 25.0 Å². The van der Waals surface area contributed by atoms with Crippen molar-refractivity contribution in [1.29, 1.82) is 0 Å². The van der Waals surface area contributed by atoms with Crippen molar-refractivity contribution in [2.45, 2.75) is 45.6 Å². The molecular formula is C9H18O2S. The molecule has 0 aliphatic carbocycles. The molecule has 0 N–H and O–H groups in total. The van der Waals surface area contributed by atoms with Crippen LogP contribution in [0.3, 0.4) is 0 Å². The van der Waals surface area contributed by atoms with Gasteiger partial charge in [0.05, 0.1) is 6.10 Å². The Morgan fingerprint density at radius 2 is 2.17 bits per heavy atom. The van der Waals surface area contributed by atoms with E-state index in [1.165, 1.54) is 0 Å². The van der Waals surface area contributed by atoms with Crippen LogP contribution < -0.4 is 0 Å². The van der Waals surface area contributed by atoms with Crippen molar-refractivity contribution in [2.24, 2.45) is 0 Å². The topological polar surface area (TPSA) is 26.3 Å². The third-order valence-electron chi connectivity index (χ3n) is 1.70. The van der Waals surface area contributed by atoms with Gasteiger partial charge in [-0.05, 0) is 31.9 Å². The molecule has 1 atom stereocenters. The van der Waals surface area contributed by atoms with Gasteiger partial charge in [-0.25, -0.2) is 0 Å². The number of hydrogen-bond donors (Lipinski definition) is 1. The van der Waals surface area contributed by atoms with Crippen molar-refractivity contribution in [3.8, 4) is 0 Å². The minimum Gasteiger partial charge on any atom is -0.463 e. The molecule has 0 fully saturated rings. The molecule has 0 saturated carbocycles. The van der Waals surface area contributed by atoms with E-state index >= 15 is 0 Å². The SMILES string of the molecule is CCC(C)OC(=O)CCCCS. The number of esters is 1. The van der Waals surface area contributed by atoms with E-state index in [-0.39, 0.29) is 12.1 Å². The van der Waals surface area contributed by atoms with Crippen LogP contribution in [-0.4, -0.2) is 17.8 Å². The minimum absolute atomic E-state index is 0.0634. The van der Waals surface area contributed by atoms with Crippen molar-refractivity contribution >= 4 is 18.6 Å². The number of unbranched alkanes of at least 4 members (excludes halogenated alkanes) is 1. The molecule has 0 rings (SSSR count). The van der Waals surface area contributed by atoms with Crippen LogP contribution in [0.4, 0.5) is 0 Å². The molecule has 0 aromatic rings. The lowest BCUT2D eigenvalue weighted by atomic mass is 10.2. The average molecular weight is 190 g/mol. The molecule has 0 aromatic heterocycles. The third kappa shape index (κ3) is 6.53. The van der Waals surface area contributed by atoms with E-state index in [4.69, 9.17) is 4.74 Å². The largest absolute Gasteiger partial charge is 0.463 e. The minimum atomic E-state index is -0.0777. The predicted molar refractivity (Wildman–Crippen MR) is 53.5 cm³/mol. The molecule has 0 aliphatic heterocycles. The lowest BCUT2D eigenvalue weighted by Crippen LogP contribution is -2.13. The Hall–Kier alpha value is -0.180. The molecule has 0 aromatic carbocycles. The lowest BCUT2D eigenvalue weighted by molar-refractivity contribution is -0.148. The van der Waals surface area contributed by atoms with Gasteiger partial charge in [0.15, 0.2) is 0 Å². The molecule has 0 bridgehead atoms. The Labute approximate surface area is 80.1 Å². The molecule has 0 radical (unpaired) electrons. The summed E-state index contributed by atoms with van der Waals surface area (Å²) in [5.74, 6) is 0.766. The maximum Gasteiger partial charge on any atom is 0.306 e. The highest BCUT2D eigenvalue weighted by molar-refractivity contribution is 7.80. The first kappa shape index (κ1) is 11.8. The van der Waals surface area contributed by atoms with Crippen LogP contribution in [0.25, 0.3) is 0 Å². The second-order valence-electron chi connectivity index (χ2n) is 2.89. The second-order valence-corrected chi connectivity index (χ2v) is 3.34. The van der Waals surface area contributed by atoms with Gasteiger partial charge in [0, 0.05) is 6.42 Å². The van der Waals surface area contributed by atoms with Gasteiger partial charge in [-0.3, -0.25) is 4.79 Å². The summed E-state index contributed by atoms with van der Waals surface area (Å²) >= 11 is 4.06.